The number of ether oxygens (including phenoxy) is 1. The van der Waals surface area contributed by atoms with E-state index in [1.54, 1.807) is 12.1 Å². The highest BCUT2D eigenvalue weighted by Gasteiger charge is 2.11. The first-order chi connectivity index (χ1) is 12.9. The van der Waals surface area contributed by atoms with Crippen LogP contribution in [0.4, 0.5) is 4.39 Å². The van der Waals surface area contributed by atoms with E-state index in [0.29, 0.717) is 16.8 Å². The zero-order valence-electron chi connectivity index (χ0n) is 16.0. The number of nitrogens with zero attached hydrogens (tertiary/aromatic N) is 2. The van der Waals surface area contributed by atoms with Crippen molar-refractivity contribution in [2.75, 3.05) is 0 Å². The molecule has 5 heteroatoms. The molecule has 0 fully saturated rings. The van der Waals surface area contributed by atoms with Crippen LogP contribution in [0.3, 0.4) is 0 Å². The van der Waals surface area contributed by atoms with Gasteiger partial charge in [-0.05, 0) is 60.7 Å². The SMILES string of the molecule is Cc1cc(C)cc(Oc2cc(C(C)C)nc(SCc3ccc(F)cc3)n2)c1. The number of aryl methyl sites for hydroxylation is 2. The van der Waals surface area contributed by atoms with Crippen molar-refractivity contribution in [1.29, 1.82) is 0 Å². The highest BCUT2D eigenvalue weighted by atomic mass is 32.2. The van der Waals surface area contributed by atoms with Crippen molar-refractivity contribution in [1.82, 2.24) is 9.97 Å². The average molecular weight is 383 g/mol. The molecule has 3 nitrogen and oxygen atoms in total. The van der Waals surface area contributed by atoms with E-state index in [9.17, 15) is 4.39 Å². The Kier molecular flexibility index (Phi) is 6.11. The number of hydrogen-bond donors (Lipinski definition) is 0. The minimum Gasteiger partial charge on any atom is -0.439 e. The van der Waals surface area contributed by atoms with E-state index in [2.05, 4.69) is 29.9 Å². The van der Waals surface area contributed by atoms with E-state index >= 15 is 0 Å². The van der Waals surface area contributed by atoms with Gasteiger partial charge in [0.25, 0.3) is 0 Å². The summed E-state index contributed by atoms with van der Waals surface area (Å²) < 4.78 is 19.1. The number of thioether (sulfide) groups is 1. The van der Waals surface area contributed by atoms with Gasteiger partial charge in [-0.1, -0.05) is 43.8 Å². The van der Waals surface area contributed by atoms with E-state index in [-0.39, 0.29) is 11.7 Å². The third kappa shape index (κ3) is 5.54. The molecule has 1 aromatic heterocycles. The maximum atomic E-state index is 13.1. The van der Waals surface area contributed by atoms with Crippen LogP contribution in [0.25, 0.3) is 0 Å². The number of rotatable bonds is 6. The van der Waals surface area contributed by atoms with E-state index in [4.69, 9.17) is 4.74 Å². The van der Waals surface area contributed by atoms with Gasteiger partial charge in [-0.15, -0.1) is 0 Å². The van der Waals surface area contributed by atoms with E-state index in [0.717, 1.165) is 28.1 Å². The predicted octanol–water partition coefficient (Wildman–Crippen LogP) is 6.44. The van der Waals surface area contributed by atoms with Crippen LogP contribution in [-0.2, 0) is 5.75 Å². The molecular weight excluding hydrogens is 359 g/mol. The van der Waals surface area contributed by atoms with Crippen LogP contribution < -0.4 is 4.74 Å². The third-order valence-electron chi connectivity index (χ3n) is 3.99. The highest BCUT2D eigenvalue weighted by molar-refractivity contribution is 7.98. The topological polar surface area (TPSA) is 35.0 Å². The van der Waals surface area contributed by atoms with Gasteiger partial charge in [0.1, 0.15) is 11.6 Å². The zero-order valence-corrected chi connectivity index (χ0v) is 16.8. The minimum absolute atomic E-state index is 0.231. The second-order valence-corrected chi connectivity index (χ2v) is 7.85. The molecule has 0 aliphatic carbocycles. The Bertz CT molecular complexity index is 906. The zero-order chi connectivity index (χ0) is 19.4. The standard InChI is InChI=1S/C22H23FN2OS/c1-14(2)20-12-21(26-19-10-15(3)9-16(4)11-19)25-22(24-20)27-13-17-5-7-18(23)8-6-17/h5-12,14H,13H2,1-4H3. The predicted molar refractivity (Wildman–Crippen MR) is 108 cm³/mol. The monoisotopic (exact) mass is 382 g/mol. The number of halogens is 1. The molecule has 0 spiro atoms. The van der Waals surface area contributed by atoms with E-state index < -0.39 is 0 Å². The Hall–Kier alpha value is -2.40. The molecule has 1 heterocycles. The molecule has 2 aromatic carbocycles. The largest absolute Gasteiger partial charge is 0.439 e. The van der Waals surface area contributed by atoms with Gasteiger partial charge in [0.05, 0.1) is 5.69 Å². The second-order valence-electron chi connectivity index (χ2n) is 6.91. The van der Waals surface area contributed by atoms with Gasteiger partial charge in [-0.3, -0.25) is 0 Å². The molecule has 0 bridgehead atoms. The Labute approximate surface area is 164 Å². The van der Waals surface area contributed by atoms with Crippen LogP contribution in [0, 0.1) is 19.7 Å². The Morgan fingerprint density at radius 1 is 0.963 bits per heavy atom. The summed E-state index contributed by atoms with van der Waals surface area (Å²) in [6, 6.07) is 14.5. The third-order valence-corrected chi connectivity index (χ3v) is 4.91. The summed E-state index contributed by atoms with van der Waals surface area (Å²) in [5, 5.41) is 0.657. The molecule has 140 valence electrons. The molecule has 0 unspecified atom stereocenters. The fourth-order valence-electron chi connectivity index (χ4n) is 2.67. The van der Waals surface area contributed by atoms with Gasteiger partial charge >= 0.3 is 0 Å². The summed E-state index contributed by atoms with van der Waals surface area (Å²) >= 11 is 1.52. The lowest BCUT2D eigenvalue weighted by molar-refractivity contribution is 0.452. The Morgan fingerprint density at radius 2 is 1.63 bits per heavy atom. The van der Waals surface area contributed by atoms with Gasteiger partial charge in [0, 0.05) is 11.8 Å². The van der Waals surface area contributed by atoms with Crippen LogP contribution in [-0.4, -0.2) is 9.97 Å². The smallest absolute Gasteiger partial charge is 0.223 e. The van der Waals surface area contributed by atoms with Crippen molar-refractivity contribution < 1.29 is 9.13 Å². The van der Waals surface area contributed by atoms with Crippen molar-refractivity contribution in [3.8, 4) is 11.6 Å². The molecule has 0 aliphatic heterocycles. The van der Waals surface area contributed by atoms with Crippen molar-refractivity contribution >= 4 is 11.8 Å². The molecule has 0 atom stereocenters. The maximum Gasteiger partial charge on any atom is 0.223 e. The highest BCUT2D eigenvalue weighted by Crippen LogP contribution is 2.28. The molecule has 3 rings (SSSR count). The fourth-order valence-corrected chi connectivity index (χ4v) is 3.49. The lowest BCUT2D eigenvalue weighted by atomic mass is 10.1. The van der Waals surface area contributed by atoms with Crippen molar-refractivity contribution in [2.24, 2.45) is 0 Å². The summed E-state index contributed by atoms with van der Waals surface area (Å²) in [6.45, 7) is 8.28. The molecule has 27 heavy (non-hydrogen) atoms. The fraction of sp³-hybridized carbons (Fsp3) is 0.273. The summed E-state index contributed by atoms with van der Waals surface area (Å²) in [7, 11) is 0. The lowest BCUT2D eigenvalue weighted by Gasteiger charge is -2.12. The normalized spacial score (nSPS) is 11.0. The van der Waals surface area contributed by atoms with Gasteiger partial charge in [0.2, 0.25) is 5.88 Å². The van der Waals surface area contributed by atoms with Gasteiger partial charge in [0.15, 0.2) is 5.16 Å². The summed E-state index contributed by atoms with van der Waals surface area (Å²) in [4.78, 5) is 9.20. The molecule has 0 saturated carbocycles. The van der Waals surface area contributed by atoms with Crippen LogP contribution in [0.15, 0.2) is 53.7 Å². The number of aromatic nitrogens is 2. The van der Waals surface area contributed by atoms with Gasteiger partial charge < -0.3 is 4.74 Å². The van der Waals surface area contributed by atoms with Crippen molar-refractivity contribution in [2.45, 2.75) is 44.5 Å². The maximum absolute atomic E-state index is 13.1. The van der Waals surface area contributed by atoms with E-state index in [1.165, 1.54) is 23.9 Å². The number of benzene rings is 2. The summed E-state index contributed by atoms with van der Waals surface area (Å²) in [5.41, 5.74) is 4.26. The van der Waals surface area contributed by atoms with Crippen LogP contribution >= 0.6 is 11.8 Å². The average Bonchev–Trinajstić information content (AvgIpc) is 2.60. The lowest BCUT2D eigenvalue weighted by Crippen LogP contribution is -2.00. The first-order valence-electron chi connectivity index (χ1n) is 8.91. The molecule has 0 N–H and O–H groups in total. The minimum atomic E-state index is -0.231. The van der Waals surface area contributed by atoms with E-state index in [1.807, 2.05) is 32.0 Å². The van der Waals surface area contributed by atoms with Gasteiger partial charge in [-0.25, -0.2) is 9.37 Å². The molecular formula is C22H23FN2OS. The summed E-state index contributed by atoms with van der Waals surface area (Å²) in [6.07, 6.45) is 0. The Balaban J connectivity index is 1.82. The summed E-state index contributed by atoms with van der Waals surface area (Å²) in [5.74, 6) is 2.02. The first kappa shape index (κ1) is 19.4. The number of hydrogen-bond acceptors (Lipinski definition) is 4. The molecule has 0 saturated heterocycles. The quantitative estimate of drug-likeness (QED) is 0.363. The van der Waals surface area contributed by atoms with Crippen LogP contribution in [0.2, 0.25) is 0 Å². The molecule has 0 aliphatic rings. The molecule has 0 radical (unpaired) electrons. The first-order valence-corrected chi connectivity index (χ1v) is 9.90. The van der Waals surface area contributed by atoms with Crippen LogP contribution in [0.5, 0.6) is 11.6 Å². The molecule has 0 amide bonds. The second kappa shape index (κ2) is 8.53. The molecule has 3 aromatic rings. The van der Waals surface area contributed by atoms with Crippen LogP contribution in [0.1, 0.15) is 42.1 Å². The van der Waals surface area contributed by atoms with Crippen molar-refractivity contribution in [3.63, 3.8) is 0 Å². The van der Waals surface area contributed by atoms with Gasteiger partial charge in [-0.2, -0.15) is 4.98 Å². The Morgan fingerprint density at radius 3 is 2.26 bits per heavy atom. The van der Waals surface area contributed by atoms with Crippen molar-refractivity contribution in [3.05, 3.63) is 76.7 Å².